The summed E-state index contributed by atoms with van der Waals surface area (Å²) < 4.78 is 7.18. The number of anilines is 1. The molecule has 0 saturated heterocycles. The molecule has 0 bridgehead atoms. The SMILES string of the molecule is CCOC(=O)C1C(=O)N(CCc2ccccc2)c2nc3ccccc3n2C1c1cccc([N+](=O)[O-])c1. The van der Waals surface area contributed by atoms with E-state index in [4.69, 9.17) is 9.72 Å². The van der Waals surface area contributed by atoms with Crippen molar-refractivity contribution in [3.8, 4) is 0 Å². The molecule has 2 unspecified atom stereocenters. The Balaban J connectivity index is 1.70. The number of amides is 1. The maximum atomic E-state index is 13.9. The molecule has 0 N–H and O–H groups in total. The normalized spacial score (nSPS) is 17.1. The number of nitrogens with zero attached hydrogens (tertiary/aromatic N) is 4. The Labute approximate surface area is 207 Å². The number of imidazole rings is 1. The molecule has 9 nitrogen and oxygen atoms in total. The second-order valence-electron chi connectivity index (χ2n) is 8.52. The van der Waals surface area contributed by atoms with Crippen molar-refractivity contribution in [1.82, 2.24) is 9.55 Å². The average molecular weight is 485 g/mol. The van der Waals surface area contributed by atoms with Crippen LogP contribution in [0, 0.1) is 16.0 Å². The predicted molar refractivity (Wildman–Crippen MR) is 134 cm³/mol. The number of nitro benzene ring substituents is 1. The highest BCUT2D eigenvalue weighted by atomic mass is 16.6. The van der Waals surface area contributed by atoms with Crippen LogP contribution < -0.4 is 4.90 Å². The minimum absolute atomic E-state index is 0.103. The fraction of sp³-hybridized carbons (Fsp3) is 0.222. The highest BCUT2D eigenvalue weighted by Crippen LogP contribution is 2.42. The molecule has 1 aliphatic rings. The smallest absolute Gasteiger partial charge is 0.321 e. The number of rotatable bonds is 7. The molecule has 0 aliphatic carbocycles. The van der Waals surface area contributed by atoms with Gasteiger partial charge in [-0.15, -0.1) is 0 Å². The quantitative estimate of drug-likeness (QED) is 0.168. The van der Waals surface area contributed by atoms with Crippen LogP contribution in [0.2, 0.25) is 0 Å². The van der Waals surface area contributed by atoms with Gasteiger partial charge < -0.3 is 9.30 Å². The van der Waals surface area contributed by atoms with Crippen molar-refractivity contribution in [3.63, 3.8) is 0 Å². The molecule has 2 atom stereocenters. The summed E-state index contributed by atoms with van der Waals surface area (Å²) in [6.45, 7) is 2.09. The lowest BCUT2D eigenvalue weighted by Crippen LogP contribution is -2.50. The highest BCUT2D eigenvalue weighted by Gasteiger charge is 2.48. The average Bonchev–Trinajstić information content (AvgIpc) is 3.27. The summed E-state index contributed by atoms with van der Waals surface area (Å²) >= 11 is 0. The third-order valence-corrected chi connectivity index (χ3v) is 6.37. The number of benzene rings is 3. The van der Waals surface area contributed by atoms with Crippen LogP contribution in [0.1, 0.15) is 24.1 Å². The zero-order chi connectivity index (χ0) is 25.2. The molecule has 182 valence electrons. The molecule has 4 aromatic rings. The summed E-state index contributed by atoms with van der Waals surface area (Å²) in [5.41, 5.74) is 2.75. The number of hydrogen-bond donors (Lipinski definition) is 0. The Kier molecular flexibility index (Phi) is 6.20. The monoisotopic (exact) mass is 484 g/mol. The van der Waals surface area contributed by atoms with Gasteiger partial charge in [-0.1, -0.05) is 54.6 Å². The standard InChI is InChI=1S/C27H24N4O5/c1-2-36-26(33)23-24(19-11-8-12-20(17-19)31(34)35)30-22-14-7-6-13-21(22)28-27(30)29(25(23)32)16-15-18-9-4-3-5-10-18/h3-14,17,23-24H,2,15-16H2,1H3. The molecular weight excluding hydrogens is 460 g/mol. The first-order chi connectivity index (χ1) is 17.5. The van der Waals surface area contributed by atoms with Crippen LogP contribution in [-0.2, 0) is 20.7 Å². The van der Waals surface area contributed by atoms with E-state index in [1.54, 1.807) is 19.1 Å². The van der Waals surface area contributed by atoms with Gasteiger partial charge in [0.1, 0.15) is 0 Å². The van der Waals surface area contributed by atoms with Crippen LogP contribution >= 0.6 is 0 Å². The Morgan fingerprint density at radius 1 is 1.06 bits per heavy atom. The molecule has 2 heterocycles. The van der Waals surface area contributed by atoms with E-state index >= 15 is 0 Å². The number of aromatic nitrogens is 2. The largest absolute Gasteiger partial charge is 0.465 e. The Morgan fingerprint density at radius 2 is 1.81 bits per heavy atom. The summed E-state index contributed by atoms with van der Waals surface area (Å²) in [5, 5.41) is 11.5. The van der Waals surface area contributed by atoms with Gasteiger partial charge in [-0.25, -0.2) is 4.98 Å². The zero-order valence-electron chi connectivity index (χ0n) is 19.6. The molecule has 5 rings (SSSR count). The van der Waals surface area contributed by atoms with E-state index in [0.717, 1.165) is 11.1 Å². The van der Waals surface area contributed by atoms with Crippen molar-refractivity contribution in [1.29, 1.82) is 0 Å². The van der Waals surface area contributed by atoms with Crippen molar-refractivity contribution in [2.45, 2.75) is 19.4 Å². The number of non-ortho nitro benzene ring substituents is 1. The summed E-state index contributed by atoms with van der Waals surface area (Å²) in [6, 6.07) is 22.3. The van der Waals surface area contributed by atoms with Crippen LogP contribution in [0.4, 0.5) is 11.6 Å². The fourth-order valence-corrected chi connectivity index (χ4v) is 4.77. The zero-order valence-corrected chi connectivity index (χ0v) is 19.6. The van der Waals surface area contributed by atoms with Gasteiger partial charge in [-0.3, -0.25) is 24.6 Å². The van der Waals surface area contributed by atoms with Gasteiger partial charge in [-0.2, -0.15) is 0 Å². The van der Waals surface area contributed by atoms with Gasteiger partial charge in [0.2, 0.25) is 11.9 Å². The number of ether oxygens (including phenoxy) is 1. The van der Waals surface area contributed by atoms with Crippen molar-refractivity contribution in [3.05, 3.63) is 100 Å². The first kappa shape index (κ1) is 23.2. The van der Waals surface area contributed by atoms with Crippen LogP contribution in [-0.4, -0.2) is 39.5 Å². The van der Waals surface area contributed by atoms with Crippen LogP contribution in [0.3, 0.4) is 0 Å². The first-order valence-electron chi connectivity index (χ1n) is 11.7. The molecule has 1 amide bonds. The Hall–Kier alpha value is -4.53. The van der Waals surface area contributed by atoms with Gasteiger partial charge in [0.25, 0.3) is 5.69 Å². The lowest BCUT2D eigenvalue weighted by Gasteiger charge is -2.38. The number of hydrogen-bond acceptors (Lipinski definition) is 6. The fourth-order valence-electron chi connectivity index (χ4n) is 4.77. The second kappa shape index (κ2) is 9.61. The number of carbonyl (C=O) groups is 2. The lowest BCUT2D eigenvalue weighted by atomic mass is 9.89. The minimum atomic E-state index is -1.23. The van der Waals surface area contributed by atoms with Gasteiger partial charge in [-0.05, 0) is 36.6 Å². The van der Waals surface area contributed by atoms with E-state index in [-0.39, 0.29) is 12.3 Å². The second-order valence-corrected chi connectivity index (χ2v) is 8.52. The molecule has 9 heteroatoms. The molecule has 1 aromatic heterocycles. The van der Waals surface area contributed by atoms with Gasteiger partial charge in [0, 0.05) is 18.7 Å². The van der Waals surface area contributed by atoms with Crippen LogP contribution in [0.15, 0.2) is 78.9 Å². The Bertz CT molecular complexity index is 1450. The number of fused-ring (bicyclic) bond motifs is 3. The summed E-state index contributed by atoms with van der Waals surface area (Å²) in [5.74, 6) is -1.95. The van der Waals surface area contributed by atoms with Crippen LogP contribution in [0.5, 0.6) is 0 Å². The molecule has 1 aliphatic heterocycles. The topological polar surface area (TPSA) is 108 Å². The first-order valence-corrected chi connectivity index (χ1v) is 11.7. The molecule has 36 heavy (non-hydrogen) atoms. The molecule has 3 aromatic carbocycles. The number of nitro groups is 1. The maximum Gasteiger partial charge on any atom is 0.321 e. The summed E-state index contributed by atoms with van der Waals surface area (Å²) in [6.07, 6.45) is 0.562. The Morgan fingerprint density at radius 3 is 2.56 bits per heavy atom. The van der Waals surface area contributed by atoms with E-state index in [0.29, 0.717) is 30.0 Å². The van der Waals surface area contributed by atoms with E-state index < -0.39 is 28.8 Å². The van der Waals surface area contributed by atoms with E-state index in [1.165, 1.54) is 17.0 Å². The third-order valence-electron chi connectivity index (χ3n) is 6.37. The van der Waals surface area contributed by atoms with Crippen molar-refractivity contribution < 1.29 is 19.2 Å². The molecular formula is C27H24N4O5. The predicted octanol–water partition coefficient (Wildman–Crippen LogP) is 4.30. The molecule has 0 fully saturated rings. The van der Waals surface area contributed by atoms with E-state index in [1.807, 2.05) is 59.2 Å². The molecule has 0 radical (unpaired) electrons. The van der Waals surface area contributed by atoms with Gasteiger partial charge >= 0.3 is 5.97 Å². The van der Waals surface area contributed by atoms with Crippen molar-refractivity contribution >= 4 is 34.5 Å². The molecule has 0 saturated carbocycles. The molecule has 0 spiro atoms. The van der Waals surface area contributed by atoms with E-state index in [9.17, 15) is 19.7 Å². The van der Waals surface area contributed by atoms with Gasteiger partial charge in [0.15, 0.2) is 5.92 Å². The maximum absolute atomic E-state index is 13.9. The highest BCUT2D eigenvalue weighted by molar-refractivity contribution is 6.08. The van der Waals surface area contributed by atoms with Gasteiger partial charge in [0.05, 0.1) is 28.6 Å². The number of para-hydroxylation sites is 2. The number of carbonyl (C=O) groups excluding carboxylic acids is 2. The van der Waals surface area contributed by atoms with E-state index in [2.05, 4.69) is 0 Å². The lowest BCUT2D eigenvalue weighted by molar-refractivity contribution is -0.384. The summed E-state index contributed by atoms with van der Waals surface area (Å²) in [7, 11) is 0. The summed E-state index contributed by atoms with van der Waals surface area (Å²) in [4.78, 5) is 44.5. The minimum Gasteiger partial charge on any atom is -0.465 e. The van der Waals surface area contributed by atoms with Crippen molar-refractivity contribution in [2.75, 3.05) is 18.1 Å². The third kappa shape index (κ3) is 4.08. The number of esters is 1. The van der Waals surface area contributed by atoms with Crippen molar-refractivity contribution in [2.24, 2.45) is 5.92 Å². The van der Waals surface area contributed by atoms with Crippen LogP contribution in [0.25, 0.3) is 11.0 Å².